The average molecular weight is 680 g/mol. The molecule has 2 aromatic heterocycles. The summed E-state index contributed by atoms with van der Waals surface area (Å²) in [5.74, 6) is -1.54. The number of anilines is 2. The third kappa shape index (κ3) is 8.06. The van der Waals surface area contributed by atoms with Crippen LogP contribution in [-0.2, 0) is 37.9 Å². The molecule has 1 aliphatic rings. The lowest BCUT2D eigenvalue weighted by molar-refractivity contribution is -0.172. The number of rotatable bonds is 8. The number of ether oxygens (including phenoxy) is 1. The van der Waals surface area contributed by atoms with E-state index < -0.39 is 43.4 Å². The number of hydrogen-bond donors (Lipinski definition) is 1. The molecule has 3 heterocycles. The first kappa shape index (κ1) is 35.8. The van der Waals surface area contributed by atoms with Gasteiger partial charge in [-0.05, 0) is 80.8 Å². The Balaban J connectivity index is 1.73. The number of halogens is 3. The zero-order valence-electron chi connectivity index (χ0n) is 28.0. The number of esters is 1. The minimum Gasteiger partial charge on any atom is -0.460 e. The van der Waals surface area contributed by atoms with Crippen molar-refractivity contribution >= 4 is 39.0 Å². The Kier molecular flexibility index (Phi) is 9.98. The smallest absolute Gasteiger partial charge is 0.313 e. The van der Waals surface area contributed by atoms with E-state index in [4.69, 9.17) is 16.3 Å². The molecule has 0 bridgehead atoms. The molecule has 46 heavy (non-hydrogen) atoms. The number of aromatic nitrogens is 3. The van der Waals surface area contributed by atoms with Gasteiger partial charge in [0.05, 0.1) is 21.7 Å². The number of pyridine rings is 1. The Morgan fingerprint density at radius 2 is 1.80 bits per heavy atom. The van der Waals surface area contributed by atoms with Crippen LogP contribution >= 0.6 is 11.6 Å². The number of sulfone groups is 1. The Bertz CT molecular complexity index is 1730. The summed E-state index contributed by atoms with van der Waals surface area (Å²) in [6.07, 6.45) is 1.21. The van der Waals surface area contributed by atoms with E-state index in [-0.39, 0.29) is 53.9 Å². The lowest BCUT2D eigenvalue weighted by Crippen LogP contribution is -2.51. The van der Waals surface area contributed by atoms with Crippen molar-refractivity contribution in [3.8, 4) is 0 Å². The van der Waals surface area contributed by atoms with E-state index in [1.54, 1.807) is 39.0 Å². The largest absolute Gasteiger partial charge is 0.460 e. The molecule has 1 fully saturated rings. The number of carbonyl (C=O) groups is 1. The number of piperidine rings is 1. The van der Waals surface area contributed by atoms with Crippen LogP contribution in [-0.4, -0.2) is 58.5 Å². The quantitative estimate of drug-likeness (QED) is 0.254. The van der Waals surface area contributed by atoms with Crippen LogP contribution in [0.2, 0.25) is 5.02 Å². The van der Waals surface area contributed by atoms with Crippen LogP contribution in [0.1, 0.15) is 78.3 Å². The summed E-state index contributed by atoms with van der Waals surface area (Å²) in [5.41, 5.74) is -1.26. The van der Waals surface area contributed by atoms with Gasteiger partial charge < -0.3 is 10.1 Å². The fourth-order valence-corrected chi connectivity index (χ4v) is 6.94. The van der Waals surface area contributed by atoms with Gasteiger partial charge in [0.25, 0.3) is 0 Å². The Labute approximate surface area is 275 Å². The van der Waals surface area contributed by atoms with Gasteiger partial charge in [0, 0.05) is 48.7 Å². The first-order valence-corrected chi connectivity index (χ1v) is 17.5. The number of carbonyl (C=O) groups excluding carboxylic acids is 1. The van der Waals surface area contributed by atoms with E-state index in [1.165, 1.54) is 6.07 Å². The topological polar surface area (TPSA) is 106 Å². The summed E-state index contributed by atoms with van der Waals surface area (Å²) in [6, 6.07) is 7.52. The van der Waals surface area contributed by atoms with Crippen LogP contribution < -0.4 is 5.32 Å². The monoisotopic (exact) mass is 679 g/mol. The molecule has 252 valence electrons. The normalized spacial score (nSPS) is 19.7. The summed E-state index contributed by atoms with van der Waals surface area (Å²) < 4.78 is 64.0. The fourth-order valence-electron chi connectivity index (χ4n) is 5.98. The highest BCUT2D eigenvalue weighted by molar-refractivity contribution is 7.90. The van der Waals surface area contributed by atoms with Gasteiger partial charge >= 0.3 is 5.97 Å². The minimum absolute atomic E-state index is 0.0299. The predicted octanol–water partition coefficient (Wildman–Crippen LogP) is 6.98. The van der Waals surface area contributed by atoms with Crippen molar-refractivity contribution in [3.05, 3.63) is 63.9 Å². The molecular weight excluding hydrogens is 636 g/mol. The van der Waals surface area contributed by atoms with Gasteiger partial charge in [-0.3, -0.25) is 14.4 Å². The predicted molar refractivity (Wildman–Crippen MR) is 175 cm³/mol. The highest BCUT2D eigenvalue weighted by Crippen LogP contribution is 2.42. The van der Waals surface area contributed by atoms with E-state index >= 15 is 4.39 Å². The third-order valence-corrected chi connectivity index (χ3v) is 9.49. The van der Waals surface area contributed by atoms with E-state index in [0.29, 0.717) is 17.9 Å². The third-order valence-electron chi connectivity index (χ3n) is 8.10. The summed E-state index contributed by atoms with van der Waals surface area (Å²) in [6.45, 7) is 15.7. The molecule has 9 nitrogen and oxygen atoms in total. The fraction of sp³-hybridized carbons (Fsp3) is 0.545. The van der Waals surface area contributed by atoms with E-state index in [1.807, 2.05) is 44.2 Å². The molecule has 4 rings (SSSR count). The molecule has 0 spiro atoms. The highest BCUT2D eigenvalue weighted by Gasteiger charge is 2.48. The van der Waals surface area contributed by atoms with E-state index in [0.717, 1.165) is 18.0 Å². The van der Waals surface area contributed by atoms with Crippen molar-refractivity contribution in [2.45, 2.75) is 103 Å². The summed E-state index contributed by atoms with van der Waals surface area (Å²) in [4.78, 5) is 19.9. The zero-order chi connectivity index (χ0) is 34.4. The van der Waals surface area contributed by atoms with Crippen molar-refractivity contribution in [1.29, 1.82) is 0 Å². The molecule has 1 unspecified atom stereocenters. The van der Waals surface area contributed by atoms with Gasteiger partial charge in [-0.25, -0.2) is 22.2 Å². The second-order valence-electron chi connectivity index (χ2n) is 14.4. The molecule has 1 N–H and O–H groups in total. The maximum Gasteiger partial charge on any atom is 0.313 e. The van der Waals surface area contributed by atoms with Crippen molar-refractivity contribution in [1.82, 2.24) is 19.7 Å². The molecular formula is C33H44ClF2N5O4S. The van der Waals surface area contributed by atoms with Crippen molar-refractivity contribution in [3.63, 3.8) is 0 Å². The highest BCUT2D eigenvalue weighted by atomic mass is 35.5. The molecule has 2 atom stereocenters. The standard InChI is InChI=1S/C33H44ClF2N5O4S/c1-20-15-27(39-41(20)31(3,4)5)38-26-16-25(46(9,43)44)29(36)24(37-26)18-33(30(42)45-32(6,7)8)13-14-40(21(2)17-33)19-22-11-10-12-23(34)28(22)35/h10-12,15-16,21H,13-14,17-19H2,1-9H3,(H,37,38,39)/t21-,33?/m1/s1. The average Bonchev–Trinajstić information content (AvgIpc) is 3.28. The summed E-state index contributed by atoms with van der Waals surface area (Å²) >= 11 is 6.01. The van der Waals surface area contributed by atoms with Gasteiger partial charge in [-0.2, -0.15) is 5.10 Å². The number of hydrogen-bond acceptors (Lipinski definition) is 8. The molecule has 3 aromatic rings. The zero-order valence-corrected chi connectivity index (χ0v) is 29.5. The van der Waals surface area contributed by atoms with Gasteiger partial charge in [0.2, 0.25) is 0 Å². The molecule has 0 saturated carbocycles. The first-order valence-electron chi connectivity index (χ1n) is 15.2. The first-order chi connectivity index (χ1) is 21.1. The van der Waals surface area contributed by atoms with Gasteiger partial charge in [-0.1, -0.05) is 23.7 Å². The van der Waals surface area contributed by atoms with Crippen LogP contribution in [0.15, 0.2) is 35.2 Å². The van der Waals surface area contributed by atoms with Crippen LogP contribution in [0, 0.1) is 24.0 Å². The van der Waals surface area contributed by atoms with Crippen molar-refractivity contribution in [2.75, 3.05) is 18.1 Å². The van der Waals surface area contributed by atoms with Gasteiger partial charge in [-0.15, -0.1) is 0 Å². The van der Waals surface area contributed by atoms with Crippen LogP contribution in [0.5, 0.6) is 0 Å². The van der Waals surface area contributed by atoms with Crippen molar-refractivity contribution < 1.29 is 26.7 Å². The minimum atomic E-state index is -4.02. The van der Waals surface area contributed by atoms with Crippen LogP contribution in [0.25, 0.3) is 0 Å². The summed E-state index contributed by atoms with van der Waals surface area (Å²) in [7, 11) is -4.02. The second kappa shape index (κ2) is 12.8. The maximum atomic E-state index is 16.1. The number of benzene rings is 1. The SMILES string of the molecule is Cc1cc(Nc2cc(S(C)(=O)=O)c(F)c(CC3(C(=O)OC(C)(C)C)CCN(Cc4cccc(Cl)c4F)[C@H](C)C3)n2)nn1C(C)(C)C. The number of aryl methyl sites for hydroxylation is 1. The van der Waals surface area contributed by atoms with Crippen LogP contribution in [0.3, 0.4) is 0 Å². The molecule has 0 radical (unpaired) electrons. The van der Waals surface area contributed by atoms with Crippen molar-refractivity contribution in [2.24, 2.45) is 5.41 Å². The molecule has 1 aliphatic heterocycles. The molecule has 0 aliphatic carbocycles. The van der Waals surface area contributed by atoms with E-state index in [2.05, 4.69) is 15.4 Å². The second-order valence-corrected chi connectivity index (χ2v) is 16.8. The number of nitrogens with one attached hydrogen (secondary N) is 1. The Morgan fingerprint density at radius 1 is 1.13 bits per heavy atom. The lowest BCUT2D eigenvalue weighted by atomic mass is 9.72. The van der Waals surface area contributed by atoms with Crippen LogP contribution in [0.4, 0.5) is 20.4 Å². The Morgan fingerprint density at radius 3 is 2.37 bits per heavy atom. The number of nitrogens with zero attached hydrogens (tertiary/aromatic N) is 4. The van der Waals surface area contributed by atoms with E-state index in [9.17, 15) is 17.6 Å². The summed E-state index contributed by atoms with van der Waals surface area (Å²) in [5, 5.41) is 7.66. The molecule has 13 heteroatoms. The Hall–Kier alpha value is -3.09. The molecule has 0 amide bonds. The lowest BCUT2D eigenvalue weighted by Gasteiger charge is -2.45. The number of likely N-dealkylation sites (tertiary alicyclic amines) is 1. The molecule has 1 saturated heterocycles. The van der Waals surface area contributed by atoms with Gasteiger partial charge in [0.1, 0.15) is 22.1 Å². The molecule has 1 aromatic carbocycles. The maximum absolute atomic E-state index is 16.1. The van der Waals surface area contributed by atoms with Gasteiger partial charge in [0.15, 0.2) is 21.5 Å².